The van der Waals surface area contributed by atoms with Crippen molar-refractivity contribution in [1.29, 1.82) is 0 Å². The molecule has 1 aromatic rings. The maximum absolute atomic E-state index is 11.2. The van der Waals surface area contributed by atoms with Crippen molar-refractivity contribution in [1.82, 2.24) is 0 Å². The highest BCUT2D eigenvalue weighted by molar-refractivity contribution is 5.76. The zero-order chi connectivity index (χ0) is 12.0. The Balaban J connectivity index is 2.43. The fraction of sp³-hybridized carbons (Fsp3) is 0.200. The van der Waals surface area contributed by atoms with Crippen molar-refractivity contribution in [2.45, 2.75) is 12.5 Å². The molecule has 0 heterocycles. The summed E-state index contributed by atoms with van der Waals surface area (Å²) in [5, 5.41) is 0. The van der Waals surface area contributed by atoms with E-state index in [1.165, 1.54) is 0 Å². The average molecular weight is 224 g/mol. The van der Waals surface area contributed by atoms with Crippen LogP contribution in [-0.4, -0.2) is 18.1 Å². The Morgan fingerprint density at radius 2 is 1.81 bits per heavy atom. The third kappa shape index (κ3) is 3.97. The molecule has 0 fully saturated rings. The molecule has 1 rings (SSSR count). The number of nitrogens with two attached hydrogens (primary N) is 2. The first-order chi connectivity index (χ1) is 7.59. The van der Waals surface area contributed by atoms with Crippen LogP contribution in [0.2, 0.25) is 0 Å². The topological polar surface area (TPSA) is 105 Å². The first kappa shape index (κ1) is 12.0. The molecule has 1 aromatic carbocycles. The van der Waals surface area contributed by atoms with Gasteiger partial charge in [0.2, 0.25) is 0 Å². The molecule has 0 spiro atoms. The van der Waals surface area contributed by atoms with E-state index in [0.717, 1.165) is 5.56 Å². The van der Waals surface area contributed by atoms with Crippen molar-refractivity contribution < 1.29 is 19.4 Å². The lowest BCUT2D eigenvalue weighted by molar-refractivity contribution is -0.232. The summed E-state index contributed by atoms with van der Waals surface area (Å²) in [6.45, 7) is 0. The summed E-state index contributed by atoms with van der Waals surface area (Å²) in [5.41, 5.74) is 11.0. The molecule has 6 nitrogen and oxygen atoms in total. The fourth-order valence-corrected chi connectivity index (χ4v) is 1.10. The highest BCUT2D eigenvalue weighted by Gasteiger charge is 2.18. The lowest BCUT2D eigenvalue weighted by Gasteiger charge is -2.08. The third-order valence-electron chi connectivity index (χ3n) is 1.81. The standard InChI is InChI=1S/C10H12N2O4/c11-8(9(13)15-16-10(12)14)6-7-4-2-1-3-5-7/h1-5,8H,6,11H2,(H2,12,14). The summed E-state index contributed by atoms with van der Waals surface area (Å²) in [4.78, 5) is 29.3. The number of hydrogen-bond donors (Lipinski definition) is 2. The number of carbonyl (C=O) groups excluding carboxylic acids is 2. The Labute approximate surface area is 92.1 Å². The van der Waals surface area contributed by atoms with Gasteiger partial charge in [-0.15, -0.1) is 0 Å². The van der Waals surface area contributed by atoms with Gasteiger partial charge in [-0.3, -0.25) is 0 Å². The van der Waals surface area contributed by atoms with Gasteiger partial charge in [0.15, 0.2) is 0 Å². The first-order valence-electron chi connectivity index (χ1n) is 4.57. The van der Waals surface area contributed by atoms with Crippen LogP contribution in [0.5, 0.6) is 0 Å². The molecule has 4 N–H and O–H groups in total. The van der Waals surface area contributed by atoms with E-state index in [-0.39, 0.29) is 0 Å². The minimum absolute atomic E-state index is 0.293. The van der Waals surface area contributed by atoms with Crippen molar-refractivity contribution in [3.05, 3.63) is 35.9 Å². The lowest BCUT2D eigenvalue weighted by atomic mass is 10.1. The van der Waals surface area contributed by atoms with E-state index in [1.807, 2.05) is 30.3 Å². The van der Waals surface area contributed by atoms with Crippen LogP contribution >= 0.6 is 0 Å². The highest BCUT2D eigenvalue weighted by Crippen LogP contribution is 2.02. The highest BCUT2D eigenvalue weighted by atomic mass is 17.2. The van der Waals surface area contributed by atoms with Crippen molar-refractivity contribution in [2.24, 2.45) is 11.5 Å². The van der Waals surface area contributed by atoms with Gasteiger partial charge in [-0.05, 0) is 12.0 Å². The molecule has 0 saturated heterocycles. The van der Waals surface area contributed by atoms with Gasteiger partial charge in [0.05, 0.1) is 0 Å². The summed E-state index contributed by atoms with van der Waals surface area (Å²) in [5.74, 6) is -0.845. The number of amides is 1. The largest absolute Gasteiger partial charge is 0.447 e. The smallest absolute Gasteiger partial charge is 0.332 e. The summed E-state index contributed by atoms with van der Waals surface area (Å²) in [6, 6.07) is 8.25. The number of hydrogen-bond acceptors (Lipinski definition) is 5. The molecule has 0 aliphatic rings. The Bertz CT molecular complexity index is 366. The van der Waals surface area contributed by atoms with Gasteiger partial charge in [0.1, 0.15) is 6.04 Å². The molecule has 16 heavy (non-hydrogen) atoms. The van der Waals surface area contributed by atoms with Crippen LogP contribution in [0.4, 0.5) is 4.79 Å². The second kappa shape index (κ2) is 5.72. The van der Waals surface area contributed by atoms with Crippen LogP contribution < -0.4 is 11.5 Å². The molecular formula is C10H12N2O4. The second-order valence-electron chi connectivity index (χ2n) is 3.10. The zero-order valence-electron chi connectivity index (χ0n) is 8.46. The molecule has 0 aliphatic heterocycles. The molecule has 1 unspecified atom stereocenters. The summed E-state index contributed by atoms with van der Waals surface area (Å²) in [6.07, 6.45) is -0.901. The van der Waals surface area contributed by atoms with Gasteiger partial charge in [0.25, 0.3) is 0 Å². The van der Waals surface area contributed by atoms with Gasteiger partial charge in [-0.1, -0.05) is 30.3 Å². The predicted molar refractivity (Wildman–Crippen MR) is 54.9 cm³/mol. The Kier molecular flexibility index (Phi) is 4.28. The third-order valence-corrected chi connectivity index (χ3v) is 1.81. The van der Waals surface area contributed by atoms with E-state index in [2.05, 4.69) is 15.5 Å². The molecule has 0 aliphatic carbocycles. The van der Waals surface area contributed by atoms with E-state index in [9.17, 15) is 9.59 Å². The van der Waals surface area contributed by atoms with Crippen LogP contribution in [-0.2, 0) is 21.0 Å². The normalized spacial score (nSPS) is 11.6. The Morgan fingerprint density at radius 1 is 1.19 bits per heavy atom. The number of rotatable bonds is 3. The van der Waals surface area contributed by atoms with Crippen molar-refractivity contribution in [3.8, 4) is 0 Å². The zero-order valence-corrected chi connectivity index (χ0v) is 8.46. The predicted octanol–water partition coefficient (Wildman–Crippen LogP) is 0.110. The van der Waals surface area contributed by atoms with E-state index in [4.69, 9.17) is 5.73 Å². The van der Waals surface area contributed by atoms with Gasteiger partial charge in [-0.25, -0.2) is 19.4 Å². The Morgan fingerprint density at radius 3 is 2.38 bits per heavy atom. The summed E-state index contributed by atoms with van der Waals surface area (Å²) < 4.78 is 0. The molecule has 0 radical (unpaired) electrons. The monoisotopic (exact) mass is 224 g/mol. The van der Waals surface area contributed by atoms with Crippen LogP contribution in [0.15, 0.2) is 30.3 Å². The van der Waals surface area contributed by atoms with E-state index >= 15 is 0 Å². The van der Waals surface area contributed by atoms with Gasteiger partial charge >= 0.3 is 12.1 Å². The van der Waals surface area contributed by atoms with Crippen LogP contribution in [0, 0.1) is 0 Å². The molecule has 0 aromatic heterocycles. The maximum Gasteiger partial charge on any atom is 0.447 e. The van der Waals surface area contributed by atoms with Crippen molar-refractivity contribution in [2.75, 3.05) is 0 Å². The van der Waals surface area contributed by atoms with E-state index < -0.39 is 18.1 Å². The molecule has 6 heteroatoms. The molecule has 86 valence electrons. The summed E-state index contributed by atoms with van der Waals surface area (Å²) >= 11 is 0. The first-order valence-corrected chi connectivity index (χ1v) is 4.57. The molecule has 1 amide bonds. The Hall–Kier alpha value is -2.08. The van der Waals surface area contributed by atoms with Gasteiger partial charge in [0, 0.05) is 0 Å². The fourth-order valence-electron chi connectivity index (χ4n) is 1.10. The number of primary amides is 1. The minimum Gasteiger partial charge on any atom is -0.332 e. The van der Waals surface area contributed by atoms with E-state index in [0.29, 0.717) is 6.42 Å². The SMILES string of the molecule is NC(=O)OOC(=O)C(N)Cc1ccccc1. The maximum atomic E-state index is 11.2. The minimum atomic E-state index is -1.19. The molecule has 0 bridgehead atoms. The molecular weight excluding hydrogens is 212 g/mol. The van der Waals surface area contributed by atoms with Crippen LogP contribution in [0.3, 0.4) is 0 Å². The van der Waals surface area contributed by atoms with Crippen LogP contribution in [0.25, 0.3) is 0 Å². The van der Waals surface area contributed by atoms with Crippen LogP contribution in [0.1, 0.15) is 5.56 Å². The lowest BCUT2D eigenvalue weighted by Crippen LogP contribution is -2.35. The number of benzene rings is 1. The molecule has 1 atom stereocenters. The summed E-state index contributed by atoms with van der Waals surface area (Å²) in [7, 11) is 0. The molecule has 0 saturated carbocycles. The average Bonchev–Trinajstić information content (AvgIpc) is 2.27. The van der Waals surface area contributed by atoms with E-state index in [1.54, 1.807) is 0 Å². The van der Waals surface area contributed by atoms with Crippen molar-refractivity contribution >= 4 is 12.1 Å². The quantitative estimate of drug-likeness (QED) is 0.560. The number of carbonyl (C=O) groups is 2. The van der Waals surface area contributed by atoms with Gasteiger partial charge in [-0.2, -0.15) is 0 Å². The van der Waals surface area contributed by atoms with Gasteiger partial charge < -0.3 is 11.5 Å². The second-order valence-corrected chi connectivity index (χ2v) is 3.10. The van der Waals surface area contributed by atoms with Crippen molar-refractivity contribution in [3.63, 3.8) is 0 Å².